The largest absolute Gasteiger partial charge is 0.373 e. The van der Waals surface area contributed by atoms with E-state index in [1.807, 2.05) is 0 Å². The van der Waals surface area contributed by atoms with E-state index in [9.17, 15) is 9.18 Å². The molecule has 0 spiro atoms. The van der Waals surface area contributed by atoms with Crippen molar-refractivity contribution < 1.29 is 9.18 Å². The minimum atomic E-state index is -0.489. The number of hydrogen-bond donors (Lipinski definition) is 2. The predicted molar refractivity (Wildman–Crippen MR) is 77.9 cm³/mol. The molecule has 20 heavy (non-hydrogen) atoms. The lowest BCUT2D eigenvalue weighted by Gasteiger charge is -2.11. The molecule has 0 atom stereocenters. The molecule has 0 bridgehead atoms. The van der Waals surface area contributed by atoms with Crippen LogP contribution < -0.4 is 10.6 Å². The summed E-state index contributed by atoms with van der Waals surface area (Å²) in [7, 11) is 1.68. The zero-order valence-corrected chi connectivity index (χ0v) is 11.8. The van der Waals surface area contributed by atoms with Crippen LogP contribution in [0.15, 0.2) is 30.5 Å². The van der Waals surface area contributed by atoms with Gasteiger partial charge in [-0.05, 0) is 24.6 Å². The van der Waals surface area contributed by atoms with Crippen molar-refractivity contribution in [1.82, 2.24) is 4.98 Å². The van der Waals surface area contributed by atoms with E-state index in [1.54, 1.807) is 26.1 Å². The molecule has 0 fully saturated rings. The average Bonchev–Trinajstić information content (AvgIpc) is 2.43. The van der Waals surface area contributed by atoms with Gasteiger partial charge in [-0.1, -0.05) is 23.7 Å². The van der Waals surface area contributed by atoms with Gasteiger partial charge in [0, 0.05) is 13.2 Å². The minimum absolute atomic E-state index is 0.149. The first-order valence-corrected chi connectivity index (χ1v) is 6.30. The van der Waals surface area contributed by atoms with Crippen molar-refractivity contribution >= 4 is 29.0 Å². The fraction of sp³-hybridized carbons (Fsp3) is 0.143. The second kappa shape index (κ2) is 5.88. The Kier molecular flexibility index (Phi) is 4.20. The number of nitrogens with zero attached hydrogens (tertiary/aromatic N) is 1. The standard InChI is InChI=1S/C14H13ClFN3O/c1-8-4-3-5-11(16)13(8)19-14(20)9-6-12(17-2)18-7-10(9)15/h3-7H,1-2H3,(H,17,18)(H,19,20). The Morgan fingerprint density at radius 2 is 2.15 bits per heavy atom. The van der Waals surface area contributed by atoms with E-state index >= 15 is 0 Å². The van der Waals surface area contributed by atoms with Crippen molar-refractivity contribution in [3.05, 3.63) is 52.4 Å². The van der Waals surface area contributed by atoms with Crippen LogP contribution in [0.4, 0.5) is 15.9 Å². The molecule has 1 aromatic heterocycles. The Hall–Kier alpha value is -2.14. The number of aromatic nitrogens is 1. The zero-order chi connectivity index (χ0) is 14.7. The molecular formula is C14H13ClFN3O. The van der Waals surface area contributed by atoms with Gasteiger partial charge in [0.1, 0.15) is 11.6 Å². The van der Waals surface area contributed by atoms with Crippen molar-refractivity contribution in [3.63, 3.8) is 0 Å². The number of anilines is 2. The van der Waals surface area contributed by atoms with Crippen LogP contribution in [0.1, 0.15) is 15.9 Å². The van der Waals surface area contributed by atoms with Gasteiger partial charge in [0.25, 0.3) is 5.91 Å². The highest BCUT2D eigenvalue weighted by Gasteiger charge is 2.15. The number of carbonyl (C=O) groups is 1. The molecule has 0 saturated heterocycles. The lowest BCUT2D eigenvalue weighted by atomic mass is 10.1. The number of para-hydroxylation sites is 1. The summed E-state index contributed by atoms with van der Waals surface area (Å²) in [5.41, 5.74) is 1.02. The highest BCUT2D eigenvalue weighted by atomic mass is 35.5. The molecular weight excluding hydrogens is 281 g/mol. The molecule has 1 aromatic carbocycles. The third-order valence-electron chi connectivity index (χ3n) is 2.82. The van der Waals surface area contributed by atoms with Crippen molar-refractivity contribution in [2.24, 2.45) is 0 Å². The molecule has 104 valence electrons. The lowest BCUT2D eigenvalue weighted by molar-refractivity contribution is 0.102. The monoisotopic (exact) mass is 293 g/mol. The molecule has 2 aromatic rings. The highest BCUT2D eigenvalue weighted by molar-refractivity contribution is 6.34. The number of aryl methyl sites for hydroxylation is 1. The van der Waals surface area contributed by atoms with Gasteiger partial charge >= 0.3 is 0 Å². The quantitative estimate of drug-likeness (QED) is 0.911. The van der Waals surface area contributed by atoms with E-state index in [-0.39, 0.29) is 16.3 Å². The highest BCUT2D eigenvalue weighted by Crippen LogP contribution is 2.23. The summed E-state index contributed by atoms with van der Waals surface area (Å²) in [6.07, 6.45) is 1.37. The van der Waals surface area contributed by atoms with Gasteiger partial charge in [-0.15, -0.1) is 0 Å². The topological polar surface area (TPSA) is 54.0 Å². The molecule has 1 amide bonds. The van der Waals surface area contributed by atoms with Gasteiger partial charge in [0.15, 0.2) is 0 Å². The molecule has 0 unspecified atom stereocenters. The number of nitrogens with one attached hydrogen (secondary N) is 2. The van der Waals surface area contributed by atoms with Gasteiger partial charge in [-0.3, -0.25) is 4.79 Å². The number of benzene rings is 1. The third-order valence-corrected chi connectivity index (χ3v) is 3.12. The second-order valence-corrected chi connectivity index (χ2v) is 4.59. The Bertz CT molecular complexity index is 641. The normalized spacial score (nSPS) is 10.2. The molecule has 0 radical (unpaired) electrons. The summed E-state index contributed by atoms with van der Waals surface area (Å²) in [5.74, 6) is -0.468. The Morgan fingerprint density at radius 1 is 1.40 bits per heavy atom. The van der Waals surface area contributed by atoms with Gasteiger partial charge in [0.2, 0.25) is 0 Å². The van der Waals surface area contributed by atoms with Crippen LogP contribution in [0.25, 0.3) is 0 Å². The molecule has 2 N–H and O–H groups in total. The van der Waals surface area contributed by atoms with Crippen LogP contribution >= 0.6 is 11.6 Å². The van der Waals surface area contributed by atoms with Crippen LogP contribution in [-0.2, 0) is 0 Å². The summed E-state index contributed by atoms with van der Waals surface area (Å²) >= 11 is 5.95. The summed E-state index contributed by atoms with van der Waals surface area (Å²) in [6, 6.07) is 6.09. The van der Waals surface area contributed by atoms with Gasteiger partial charge in [-0.2, -0.15) is 0 Å². The molecule has 1 heterocycles. The van der Waals surface area contributed by atoms with Crippen LogP contribution in [0.3, 0.4) is 0 Å². The van der Waals surface area contributed by atoms with Crippen molar-refractivity contribution in [2.75, 3.05) is 17.7 Å². The van der Waals surface area contributed by atoms with Crippen molar-refractivity contribution in [1.29, 1.82) is 0 Å². The number of rotatable bonds is 3. The summed E-state index contributed by atoms with van der Waals surface area (Å²) in [4.78, 5) is 16.2. The van der Waals surface area contributed by atoms with Gasteiger partial charge < -0.3 is 10.6 Å². The van der Waals surface area contributed by atoms with E-state index in [2.05, 4.69) is 15.6 Å². The minimum Gasteiger partial charge on any atom is -0.373 e. The van der Waals surface area contributed by atoms with Crippen molar-refractivity contribution in [3.8, 4) is 0 Å². The lowest BCUT2D eigenvalue weighted by Crippen LogP contribution is -2.15. The first-order chi connectivity index (χ1) is 9.52. The summed E-state index contributed by atoms with van der Waals surface area (Å²) in [6.45, 7) is 1.71. The number of amides is 1. The van der Waals surface area contributed by atoms with Gasteiger partial charge in [-0.25, -0.2) is 9.37 Å². The molecule has 0 aliphatic rings. The molecule has 2 rings (SSSR count). The Balaban J connectivity index is 2.33. The summed E-state index contributed by atoms with van der Waals surface area (Å²) in [5, 5.41) is 5.55. The van der Waals surface area contributed by atoms with E-state index < -0.39 is 11.7 Å². The molecule has 0 aliphatic heterocycles. The Labute approximate surface area is 121 Å². The SMILES string of the molecule is CNc1cc(C(=O)Nc2c(C)cccc2F)c(Cl)cn1. The van der Waals surface area contributed by atoms with Crippen molar-refractivity contribution in [2.45, 2.75) is 6.92 Å². The fourth-order valence-corrected chi connectivity index (χ4v) is 1.91. The molecule has 0 saturated carbocycles. The fourth-order valence-electron chi connectivity index (χ4n) is 1.72. The second-order valence-electron chi connectivity index (χ2n) is 4.19. The van der Waals surface area contributed by atoms with E-state index in [0.717, 1.165) is 0 Å². The molecule has 6 heteroatoms. The van der Waals surface area contributed by atoms with E-state index in [0.29, 0.717) is 11.4 Å². The Morgan fingerprint density at radius 3 is 2.80 bits per heavy atom. The maximum absolute atomic E-state index is 13.7. The first kappa shape index (κ1) is 14.3. The average molecular weight is 294 g/mol. The van der Waals surface area contributed by atoms with Crippen LogP contribution in [0, 0.1) is 12.7 Å². The number of pyridine rings is 1. The molecule has 4 nitrogen and oxygen atoms in total. The van der Waals surface area contributed by atoms with E-state index in [4.69, 9.17) is 11.6 Å². The number of carbonyl (C=O) groups excluding carboxylic acids is 1. The van der Waals surface area contributed by atoms with E-state index in [1.165, 1.54) is 18.3 Å². The van der Waals surface area contributed by atoms with Crippen LogP contribution in [-0.4, -0.2) is 17.9 Å². The predicted octanol–water partition coefficient (Wildman–Crippen LogP) is 3.48. The maximum atomic E-state index is 13.7. The molecule has 0 aliphatic carbocycles. The zero-order valence-electron chi connectivity index (χ0n) is 11.0. The third kappa shape index (κ3) is 2.88. The number of halogens is 2. The summed E-state index contributed by atoms with van der Waals surface area (Å²) < 4.78 is 13.7. The van der Waals surface area contributed by atoms with Crippen LogP contribution in [0.5, 0.6) is 0 Å². The smallest absolute Gasteiger partial charge is 0.257 e. The van der Waals surface area contributed by atoms with Crippen LogP contribution in [0.2, 0.25) is 5.02 Å². The maximum Gasteiger partial charge on any atom is 0.257 e. The van der Waals surface area contributed by atoms with Gasteiger partial charge in [0.05, 0.1) is 16.3 Å². The number of hydrogen-bond acceptors (Lipinski definition) is 3. The first-order valence-electron chi connectivity index (χ1n) is 5.92.